The van der Waals surface area contributed by atoms with Crippen molar-refractivity contribution in [2.45, 2.75) is 58.2 Å². The van der Waals surface area contributed by atoms with Gasteiger partial charge >= 0.3 is 0 Å². The van der Waals surface area contributed by atoms with E-state index in [0.717, 1.165) is 50.4 Å². The van der Waals surface area contributed by atoms with Crippen LogP contribution in [0.1, 0.15) is 54.2 Å². The van der Waals surface area contributed by atoms with Crippen LogP contribution in [0.15, 0.2) is 182 Å². The molecular weight excluding hydrogens is 761 g/mol. The van der Waals surface area contributed by atoms with E-state index in [-0.39, 0.29) is 5.48 Å². The molecule has 4 nitrogen and oxygen atoms in total. The lowest BCUT2D eigenvalue weighted by Gasteiger charge is -2.36. The van der Waals surface area contributed by atoms with Crippen molar-refractivity contribution in [2.24, 2.45) is 0 Å². The first-order valence-electron chi connectivity index (χ1n) is 20.4. The second kappa shape index (κ2) is 18.7. The molecule has 0 spiro atoms. The lowest BCUT2D eigenvalue weighted by molar-refractivity contribution is 0.561. The van der Waals surface area contributed by atoms with Crippen LogP contribution in [0.2, 0.25) is 0 Å². The fourth-order valence-electron chi connectivity index (χ4n) is 9.18. The molecule has 0 unspecified atom stereocenters. The molecule has 0 atom stereocenters. The summed E-state index contributed by atoms with van der Waals surface area (Å²) in [5.41, 5.74) is 7.23. The molecule has 296 valence electrons. The molecule has 0 aliphatic carbocycles. The summed E-state index contributed by atoms with van der Waals surface area (Å²) < 4.78 is 0. The largest absolute Gasteiger partial charge is 0.424 e. The molecule has 0 radical (unpaired) electrons. The van der Waals surface area contributed by atoms with E-state index >= 15 is 0 Å². The first-order valence-corrected chi connectivity index (χ1v) is 26.9. The maximum atomic E-state index is 13.4. The molecule has 0 bridgehead atoms. The minimum atomic E-state index is -3.39. The highest BCUT2D eigenvalue weighted by atomic mass is 28.4. The van der Waals surface area contributed by atoms with Gasteiger partial charge in [-0.2, -0.15) is 0 Å². The molecule has 7 aromatic carbocycles. The Morgan fingerprint density at radius 2 is 0.431 bits per heavy atom. The number of benzene rings is 7. The van der Waals surface area contributed by atoms with Crippen molar-refractivity contribution in [3.8, 4) is 0 Å². The van der Waals surface area contributed by atoms with Crippen LogP contribution in [0.4, 0.5) is 0 Å². The van der Waals surface area contributed by atoms with E-state index in [4.69, 9.17) is 0 Å². The van der Waals surface area contributed by atoms with Crippen molar-refractivity contribution in [3.63, 3.8) is 0 Å². The molecule has 0 aliphatic rings. The van der Waals surface area contributed by atoms with Gasteiger partial charge in [-0.3, -0.25) is 0 Å². The number of hydrogen-bond donors (Lipinski definition) is 3. The molecule has 7 heteroatoms. The van der Waals surface area contributed by atoms with Crippen molar-refractivity contribution < 1.29 is 19.9 Å². The lowest BCUT2D eigenvalue weighted by atomic mass is 9.85. The van der Waals surface area contributed by atoms with Crippen LogP contribution in [-0.4, -0.2) is 44.8 Å². The van der Waals surface area contributed by atoms with Gasteiger partial charge in [0, 0.05) is 0 Å². The maximum absolute atomic E-state index is 13.4. The summed E-state index contributed by atoms with van der Waals surface area (Å²) in [5, 5.41) is 5.84. The Balaban J connectivity index is 0.00000567. The van der Waals surface area contributed by atoms with E-state index in [1.54, 1.807) is 0 Å². The molecule has 7 rings (SSSR count). The summed E-state index contributed by atoms with van der Waals surface area (Å²) in [6.45, 7) is 6.70. The van der Waals surface area contributed by atoms with Crippen LogP contribution in [0.25, 0.3) is 0 Å². The Bertz CT molecular complexity index is 1950. The Kier molecular flexibility index (Phi) is 13.8. The van der Waals surface area contributed by atoms with E-state index in [0.29, 0.717) is 18.1 Å². The van der Waals surface area contributed by atoms with Crippen LogP contribution in [-0.2, 0) is 37.4 Å². The summed E-state index contributed by atoms with van der Waals surface area (Å²) in [5.74, 6) is 0. The molecule has 0 aliphatic heterocycles. The normalized spacial score (nSPS) is 11.9. The van der Waals surface area contributed by atoms with Crippen molar-refractivity contribution >= 4 is 56.1 Å². The van der Waals surface area contributed by atoms with Crippen LogP contribution in [0, 0.1) is 0 Å². The minimum absolute atomic E-state index is 0. The molecule has 5 N–H and O–H groups in total. The van der Waals surface area contributed by atoms with Gasteiger partial charge in [-0.25, -0.2) is 0 Å². The second-order valence-corrected chi connectivity index (χ2v) is 24.9. The number of hydrogen-bond acceptors (Lipinski definition) is 3. The molecule has 0 amide bonds. The monoisotopic (exact) mass is 816 g/mol. The Morgan fingerprint density at radius 3 is 0.569 bits per heavy atom. The summed E-state index contributed by atoms with van der Waals surface area (Å²) in [6, 6.07) is 63.0. The highest BCUT2D eigenvalue weighted by Gasteiger charge is 2.43. The summed E-state index contributed by atoms with van der Waals surface area (Å²) in [7, 11) is -10.2. The van der Waals surface area contributed by atoms with Crippen molar-refractivity contribution in [3.05, 3.63) is 215 Å². The zero-order valence-corrected chi connectivity index (χ0v) is 36.9. The van der Waals surface area contributed by atoms with E-state index in [2.05, 4.69) is 93.6 Å². The topological polar surface area (TPSA) is 92.2 Å². The van der Waals surface area contributed by atoms with Gasteiger partial charge in [0.25, 0.3) is 25.0 Å². The van der Waals surface area contributed by atoms with Gasteiger partial charge < -0.3 is 19.9 Å². The molecule has 7 aromatic rings. The fourth-order valence-corrected chi connectivity index (χ4v) is 18.7. The number of rotatable bonds is 15. The van der Waals surface area contributed by atoms with Gasteiger partial charge in [0.15, 0.2) is 0 Å². The van der Waals surface area contributed by atoms with Crippen LogP contribution in [0.5, 0.6) is 0 Å². The SMILES string of the molecule is CCc1c(C[Si](O)(c2ccccc2)c2ccccc2)c(CC)c(C[Si](O)(c2ccccc2)c2ccccc2)c(CC)c1C[Si](O)(c1ccccc1)c1ccccc1.O. The minimum Gasteiger partial charge on any atom is -0.424 e. The molecule has 0 saturated heterocycles. The molecule has 0 aromatic heterocycles. The average molecular weight is 817 g/mol. The van der Waals surface area contributed by atoms with E-state index in [1.165, 1.54) is 33.4 Å². The molecule has 0 saturated carbocycles. The smallest absolute Gasteiger partial charge is 0.257 e. The highest BCUT2D eigenvalue weighted by Crippen LogP contribution is 2.35. The van der Waals surface area contributed by atoms with Crippen molar-refractivity contribution in [1.29, 1.82) is 0 Å². The zero-order chi connectivity index (χ0) is 39.9. The van der Waals surface area contributed by atoms with Crippen LogP contribution in [0.3, 0.4) is 0 Å². The fraction of sp³-hybridized carbons (Fsp3) is 0.176. The third kappa shape index (κ3) is 8.30. The van der Waals surface area contributed by atoms with E-state index in [1.807, 2.05) is 109 Å². The third-order valence-electron chi connectivity index (χ3n) is 12.1. The van der Waals surface area contributed by atoms with Gasteiger partial charge in [0.2, 0.25) is 0 Å². The average Bonchev–Trinajstić information content (AvgIpc) is 3.28. The third-order valence-corrected chi connectivity index (χ3v) is 22.4. The zero-order valence-electron chi connectivity index (χ0n) is 33.9. The maximum Gasteiger partial charge on any atom is 0.257 e. The molecule has 58 heavy (non-hydrogen) atoms. The molecular formula is C51H56O4Si3. The second-order valence-electron chi connectivity index (χ2n) is 15.2. The van der Waals surface area contributed by atoms with Gasteiger partial charge in [0.1, 0.15) is 0 Å². The lowest BCUT2D eigenvalue weighted by Crippen LogP contribution is -2.62. The van der Waals surface area contributed by atoms with Gasteiger partial charge in [0.05, 0.1) is 0 Å². The first kappa shape index (κ1) is 42.6. The Hall–Kier alpha value is -4.97. The first-order chi connectivity index (χ1) is 27.8. The highest BCUT2D eigenvalue weighted by molar-refractivity contribution is 6.97. The van der Waals surface area contributed by atoms with E-state index in [9.17, 15) is 14.4 Å². The predicted molar refractivity (Wildman–Crippen MR) is 250 cm³/mol. The Labute approximate surface area is 347 Å². The van der Waals surface area contributed by atoms with Crippen molar-refractivity contribution in [2.75, 3.05) is 0 Å². The van der Waals surface area contributed by atoms with Gasteiger partial charge in [-0.05, 0) is 102 Å². The van der Waals surface area contributed by atoms with Gasteiger partial charge in [-0.15, -0.1) is 0 Å². The standard InChI is InChI=1S/C51H54O3Si3.H2O/c1-4-46-49(37-55(52,40-25-13-7-14-26-40)41-27-15-8-16-28-41)47(5-2)51(39-57(54,44-33-21-11-22-34-44)45-35-23-12-24-36-45)48(6-3)50(46)38-56(53,42-29-17-9-18-30-42)43-31-19-10-20-32-43;/h7-36,52-54H,4-6,37-39H2,1-3H3;1H2. The Morgan fingerprint density at radius 1 is 0.276 bits per heavy atom. The van der Waals surface area contributed by atoms with Crippen LogP contribution < -0.4 is 31.1 Å². The summed E-state index contributed by atoms with van der Waals surface area (Å²) >= 11 is 0. The summed E-state index contributed by atoms with van der Waals surface area (Å²) in [4.78, 5) is 40.2. The molecule has 0 heterocycles. The molecule has 0 fully saturated rings. The van der Waals surface area contributed by atoms with Crippen LogP contribution >= 0.6 is 0 Å². The van der Waals surface area contributed by atoms with Gasteiger partial charge in [-0.1, -0.05) is 203 Å². The predicted octanol–water partition coefficient (Wildman–Crippen LogP) is 5.05. The van der Waals surface area contributed by atoms with E-state index < -0.39 is 25.0 Å². The summed E-state index contributed by atoms with van der Waals surface area (Å²) in [6.07, 6.45) is 2.27. The quantitative estimate of drug-likeness (QED) is 0.127. The van der Waals surface area contributed by atoms with Crippen molar-refractivity contribution in [1.82, 2.24) is 0 Å².